The zero-order valence-corrected chi connectivity index (χ0v) is 10.2. The zero-order valence-electron chi connectivity index (χ0n) is 8.61. The van der Waals surface area contributed by atoms with Crippen LogP contribution in [0, 0.1) is 0 Å². The van der Waals surface area contributed by atoms with E-state index in [-0.39, 0.29) is 5.82 Å². The number of aromatic nitrogens is 2. The number of carbonyl (C=O) groups excluding carboxylic acids is 1. The van der Waals surface area contributed by atoms with Gasteiger partial charge in [-0.15, -0.1) is 0 Å². The van der Waals surface area contributed by atoms with Crippen molar-refractivity contribution in [2.45, 2.75) is 6.92 Å². The molecule has 4 nitrogen and oxygen atoms in total. The lowest BCUT2D eigenvalue weighted by Gasteiger charge is -2.02. The van der Waals surface area contributed by atoms with Crippen LogP contribution in [-0.4, -0.2) is 22.5 Å². The largest absolute Gasteiger partial charge is 0.460 e. The Labute approximate surface area is 101 Å². The third-order valence-electron chi connectivity index (χ3n) is 2.00. The smallest absolute Gasteiger partial charge is 0.376 e. The predicted molar refractivity (Wildman–Crippen MR) is 63.2 cm³/mol. The standard InChI is InChI=1S/C11H9BrN2O2/c1-2-16-11(15)10-13-6-7-3-4-8(12)5-9(7)14-10/h3-6H,2H2,1H3. The van der Waals surface area contributed by atoms with E-state index >= 15 is 0 Å². The molecule has 0 N–H and O–H groups in total. The van der Waals surface area contributed by atoms with Gasteiger partial charge in [0.15, 0.2) is 0 Å². The molecule has 0 amide bonds. The van der Waals surface area contributed by atoms with Crippen LogP contribution in [0.5, 0.6) is 0 Å². The van der Waals surface area contributed by atoms with Gasteiger partial charge in [-0.25, -0.2) is 14.8 Å². The van der Waals surface area contributed by atoms with Crippen LogP contribution in [-0.2, 0) is 4.74 Å². The monoisotopic (exact) mass is 280 g/mol. The van der Waals surface area contributed by atoms with Crippen molar-refractivity contribution in [1.29, 1.82) is 0 Å². The maximum Gasteiger partial charge on any atom is 0.376 e. The van der Waals surface area contributed by atoms with E-state index in [0.29, 0.717) is 12.1 Å². The second-order valence-electron chi connectivity index (χ2n) is 3.12. The van der Waals surface area contributed by atoms with Gasteiger partial charge in [-0.2, -0.15) is 0 Å². The van der Waals surface area contributed by atoms with Crippen molar-refractivity contribution in [3.05, 3.63) is 34.7 Å². The van der Waals surface area contributed by atoms with Crippen molar-refractivity contribution in [1.82, 2.24) is 9.97 Å². The zero-order chi connectivity index (χ0) is 11.5. The second-order valence-corrected chi connectivity index (χ2v) is 4.03. The van der Waals surface area contributed by atoms with Crippen molar-refractivity contribution in [3.8, 4) is 0 Å². The Morgan fingerprint density at radius 1 is 1.50 bits per heavy atom. The number of ether oxygens (including phenoxy) is 1. The number of rotatable bonds is 2. The summed E-state index contributed by atoms with van der Waals surface area (Å²) < 4.78 is 5.74. The summed E-state index contributed by atoms with van der Waals surface area (Å²) >= 11 is 3.35. The van der Waals surface area contributed by atoms with Gasteiger partial charge in [-0.05, 0) is 19.1 Å². The molecule has 0 aliphatic heterocycles. The van der Waals surface area contributed by atoms with Gasteiger partial charge in [0, 0.05) is 16.1 Å². The SMILES string of the molecule is CCOC(=O)c1ncc2ccc(Br)cc2n1. The molecule has 0 saturated carbocycles. The van der Waals surface area contributed by atoms with Crippen molar-refractivity contribution < 1.29 is 9.53 Å². The Morgan fingerprint density at radius 3 is 3.06 bits per heavy atom. The number of fused-ring (bicyclic) bond motifs is 1. The van der Waals surface area contributed by atoms with E-state index in [1.54, 1.807) is 13.1 Å². The molecule has 82 valence electrons. The first-order valence-electron chi connectivity index (χ1n) is 4.80. The number of hydrogen-bond acceptors (Lipinski definition) is 4. The molecule has 2 aromatic rings. The third-order valence-corrected chi connectivity index (χ3v) is 2.50. The molecule has 0 unspecified atom stereocenters. The summed E-state index contributed by atoms with van der Waals surface area (Å²) in [5.41, 5.74) is 0.715. The maximum atomic E-state index is 11.4. The summed E-state index contributed by atoms with van der Waals surface area (Å²) in [5.74, 6) is -0.406. The molecule has 0 fully saturated rings. The van der Waals surface area contributed by atoms with Crippen molar-refractivity contribution >= 4 is 32.8 Å². The Morgan fingerprint density at radius 2 is 2.31 bits per heavy atom. The molecule has 1 aromatic carbocycles. The first kappa shape index (κ1) is 11.0. The van der Waals surface area contributed by atoms with Crippen LogP contribution in [0.25, 0.3) is 10.9 Å². The van der Waals surface area contributed by atoms with Gasteiger partial charge in [0.2, 0.25) is 5.82 Å². The molecule has 0 atom stereocenters. The summed E-state index contributed by atoms with van der Waals surface area (Å²) in [7, 11) is 0. The molecule has 0 bridgehead atoms. The van der Waals surface area contributed by atoms with E-state index in [4.69, 9.17) is 4.74 Å². The average Bonchev–Trinajstić information content (AvgIpc) is 2.28. The second kappa shape index (κ2) is 4.57. The lowest BCUT2D eigenvalue weighted by atomic mass is 10.2. The molecule has 16 heavy (non-hydrogen) atoms. The Kier molecular flexibility index (Phi) is 3.14. The first-order valence-corrected chi connectivity index (χ1v) is 5.59. The summed E-state index contributed by atoms with van der Waals surface area (Å²) in [5, 5.41) is 0.885. The Hall–Kier alpha value is -1.49. The highest BCUT2D eigenvalue weighted by molar-refractivity contribution is 9.10. The lowest BCUT2D eigenvalue weighted by molar-refractivity contribution is 0.0512. The number of carbonyl (C=O) groups is 1. The number of benzene rings is 1. The molecule has 0 saturated heterocycles. The topological polar surface area (TPSA) is 52.1 Å². The molecule has 1 aromatic heterocycles. The van der Waals surface area contributed by atoms with Crippen molar-refractivity contribution in [2.75, 3.05) is 6.61 Å². The minimum absolute atomic E-state index is 0.0902. The van der Waals surface area contributed by atoms with E-state index in [2.05, 4.69) is 25.9 Å². The van der Waals surface area contributed by atoms with Gasteiger partial charge < -0.3 is 4.74 Å². The Bertz CT molecular complexity index is 542. The van der Waals surface area contributed by atoms with Crippen LogP contribution in [0.3, 0.4) is 0 Å². The fourth-order valence-electron chi connectivity index (χ4n) is 1.29. The van der Waals surface area contributed by atoms with Gasteiger partial charge in [-0.1, -0.05) is 22.0 Å². The molecule has 0 radical (unpaired) electrons. The van der Waals surface area contributed by atoms with Crippen LogP contribution >= 0.6 is 15.9 Å². The summed E-state index contributed by atoms with van der Waals surface area (Å²) in [6, 6.07) is 5.61. The minimum Gasteiger partial charge on any atom is -0.460 e. The van der Waals surface area contributed by atoms with E-state index < -0.39 is 5.97 Å². The van der Waals surface area contributed by atoms with E-state index in [0.717, 1.165) is 9.86 Å². The van der Waals surface area contributed by atoms with Crippen LogP contribution < -0.4 is 0 Å². The summed E-state index contributed by atoms with van der Waals surface area (Å²) in [4.78, 5) is 19.5. The van der Waals surface area contributed by atoms with Crippen molar-refractivity contribution in [3.63, 3.8) is 0 Å². The molecule has 1 heterocycles. The summed E-state index contributed by atoms with van der Waals surface area (Å²) in [6.07, 6.45) is 1.61. The average molecular weight is 281 g/mol. The van der Waals surface area contributed by atoms with Crippen LogP contribution in [0.2, 0.25) is 0 Å². The van der Waals surface area contributed by atoms with Gasteiger partial charge in [0.05, 0.1) is 12.1 Å². The fourth-order valence-corrected chi connectivity index (χ4v) is 1.64. The number of hydrogen-bond donors (Lipinski definition) is 0. The van der Waals surface area contributed by atoms with Crippen LogP contribution in [0.1, 0.15) is 17.5 Å². The molecular weight excluding hydrogens is 272 g/mol. The third kappa shape index (κ3) is 2.19. The number of esters is 1. The minimum atomic E-state index is -0.496. The van der Waals surface area contributed by atoms with Crippen LogP contribution in [0.15, 0.2) is 28.9 Å². The molecule has 0 spiro atoms. The lowest BCUT2D eigenvalue weighted by Crippen LogP contribution is -2.09. The van der Waals surface area contributed by atoms with E-state index in [1.165, 1.54) is 0 Å². The molecule has 5 heteroatoms. The molecule has 2 rings (SSSR count). The summed E-state index contributed by atoms with van der Waals surface area (Å²) in [6.45, 7) is 2.06. The quantitative estimate of drug-likeness (QED) is 0.794. The number of nitrogens with zero attached hydrogens (tertiary/aromatic N) is 2. The molecule has 0 aliphatic carbocycles. The Balaban J connectivity index is 2.46. The first-order chi connectivity index (χ1) is 7.70. The van der Waals surface area contributed by atoms with Crippen LogP contribution in [0.4, 0.5) is 0 Å². The van der Waals surface area contributed by atoms with Gasteiger partial charge in [-0.3, -0.25) is 0 Å². The van der Waals surface area contributed by atoms with Crippen molar-refractivity contribution in [2.24, 2.45) is 0 Å². The highest BCUT2D eigenvalue weighted by atomic mass is 79.9. The van der Waals surface area contributed by atoms with Gasteiger partial charge in [0.1, 0.15) is 0 Å². The van der Waals surface area contributed by atoms with Gasteiger partial charge in [0.25, 0.3) is 0 Å². The molecular formula is C11H9BrN2O2. The molecule has 0 aliphatic rings. The van der Waals surface area contributed by atoms with E-state index in [9.17, 15) is 4.79 Å². The highest BCUT2D eigenvalue weighted by Crippen LogP contribution is 2.17. The van der Waals surface area contributed by atoms with E-state index in [1.807, 2.05) is 18.2 Å². The maximum absolute atomic E-state index is 11.4. The normalized spacial score (nSPS) is 10.4. The highest BCUT2D eigenvalue weighted by Gasteiger charge is 2.10. The fraction of sp³-hybridized carbons (Fsp3) is 0.182. The predicted octanol–water partition coefficient (Wildman–Crippen LogP) is 2.57. The number of halogens is 1. The van der Waals surface area contributed by atoms with Gasteiger partial charge >= 0.3 is 5.97 Å².